The maximum absolute atomic E-state index is 11.9. The molecule has 0 fully saturated rings. The van der Waals surface area contributed by atoms with E-state index in [0.717, 1.165) is 17.2 Å². The van der Waals surface area contributed by atoms with Crippen LogP contribution in [0.3, 0.4) is 0 Å². The lowest BCUT2D eigenvalue weighted by atomic mass is 10.1. The largest absolute Gasteiger partial charge is 0.497 e. The van der Waals surface area contributed by atoms with Crippen molar-refractivity contribution in [3.05, 3.63) is 76.6 Å². The molecule has 0 saturated carbocycles. The van der Waals surface area contributed by atoms with Gasteiger partial charge in [0.1, 0.15) is 29.1 Å². The highest BCUT2D eigenvalue weighted by atomic mass is 16.5. The van der Waals surface area contributed by atoms with Crippen LogP contribution in [0.1, 0.15) is 10.4 Å². The van der Waals surface area contributed by atoms with Crippen molar-refractivity contribution in [2.24, 2.45) is 0 Å². The van der Waals surface area contributed by atoms with Crippen LogP contribution in [0.2, 0.25) is 0 Å². The Morgan fingerprint density at radius 2 is 1.77 bits per heavy atom. The Balaban J connectivity index is 1.85. The highest BCUT2D eigenvalue weighted by Crippen LogP contribution is 2.33. The molecular formula is C21H14O5. The molecule has 5 nitrogen and oxygen atoms in total. The van der Waals surface area contributed by atoms with Crippen molar-refractivity contribution in [2.45, 2.75) is 0 Å². The van der Waals surface area contributed by atoms with E-state index in [1.807, 2.05) is 18.2 Å². The minimum absolute atomic E-state index is 0.424. The minimum atomic E-state index is -0.471. The Labute approximate surface area is 148 Å². The van der Waals surface area contributed by atoms with Crippen LogP contribution in [0.25, 0.3) is 33.6 Å². The van der Waals surface area contributed by atoms with E-state index in [9.17, 15) is 9.59 Å². The normalized spacial score (nSPS) is 10.8. The molecule has 4 aromatic rings. The minimum Gasteiger partial charge on any atom is -0.497 e. The zero-order valence-electron chi connectivity index (χ0n) is 13.9. The van der Waals surface area contributed by atoms with Gasteiger partial charge in [0, 0.05) is 34.2 Å². The number of rotatable bonds is 4. The van der Waals surface area contributed by atoms with Crippen LogP contribution in [0.4, 0.5) is 0 Å². The third-order valence-electron chi connectivity index (χ3n) is 4.13. The first-order chi connectivity index (χ1) is 12.7. The van der Waals surface area contributed by atoms with Gasteiger partial charge in [0.25, 0.3) is 0 Å². The number of hydrogen-bond donors (Lipinski definition) is 0. The van der Waals surface area contributed by atoms with E-state index in [1.54, 1.807) is 43.5 Å². The molecular weight excluding hydrogens is 332 g/mol. The monoisotopic (exact) mass is 346 g/mol. The molecule has 26 heavy (non-hydrogen) atoms. The lowest BCUT2D eigenvalue weighted by Crippen LogP contribution is -1.98. The van der Waals surface area contributed by atoms with Gasteiger partial charge in [-0.25, -0.2) is 4.79 Å². The molecule has 0 aliphatic rings. The maximum atomic E-state index is 11.9. The number of carbonyl (C=O) groups excluding carboxylic acids is 1. The summed E-state index contributed by atoms with van der Waals surface area (Å²) >= 11 is 0. The van der Waals surface area contributed by atoms with E-state index in [1.165, 1.54) is 6.07 Å². The summed E-state index contributed by atoms with van der Waals surface area (Å²) in [5, 5.41) is 0.743. The van der Waals surface area contributed by atoms with E-state index < -0.39 is 5.63 Å². The molecule has 0 N–H and O–H groups in total. The SMILES string of the molecule is COc1ccc2c(-c3ccc(-c4cccc(C=O)c4)o3)cc(=O)oc2c1. The highest BCUT2D eigenvalue weighted by molar-refractivity contribution is 5.92. The van der Waals surface area contributed by atoms with Gasteiger partial charge in [-0.1, -0.05) is 18.2 Å². The summed E-state index contributed by atoms with van der Waals surface area (Å²) in [4.78, 5) is 22.9. The zero-order chi connectivity index (χ0) is 18.1. The Morgan fingerprint density at radius 1 is 0.923 bits per heavy atom. The summed E-state index contributed by atoms with van der Waals surface area (Å²) in [6.07, 6.45) is 0.788. The Kier molecular flexibility index (Phi) is 3.89. The van der Waals surface area contributed by atoms with Gasteiger partial charge in [-0.05, 0) is 30.3 Å². The average molecular weight is 346 g/mol. The average Bonchev–Trinajstić information content (AvgIpc) is 3.17. The van der Waals surface area contributed by atoms with Gasteiger partial charge in [-0.3, -0.25) is 4.79 Å². The summed E-state index contributed by atoms with van der Waals surface area (Å²) in [6, 6.07) is 17.4. The second kappa shape index (κ2) is 6.37. The van der Waals surface area contributed by atoms with Gasteiger partial charge in [-0.2, -0.15) is 0 Å². The van der Waals surface area contributed by atoms with Crippen molar-refractivity contribution in [1.29, 1.82) is 0 Å². The van der Waals surface area contributed by atoms with E-state index in [2.05, 4.69) is 0 Å². The van der Waals surface area contributed by atoms with Gasteiger partial charge in [0.15, 0.2) is 0 Å². The number of aldehydes is 1. The number of hydrogen-bond acceptors (Lipinski definition) is 5. The molecule has 0 unspecified atom stereocenters. The molecule has 2 heterocycles. The first kappa shape index (κ1) is 15.9. The Bertz CT molecular complexity index is 1170. The third-order valence-corrected chi connectivity index (χ3v) is 4.13. The number of furan rings is 1. The predicted molar refractivity (Wildman–Crippen MR) is 97.6 cm³/mol. The summed E-state index contributed by atoms with van der Waals surface area (Å²) in [6.45, 7) is 0. The second-order valence-corrected chi connectivity index (χ2v) is 5.75. The number of methoxy groups -OCH3 is 1. The van der Waals surface area contributed by atoms with Gasteiger partial charge < -0.3 is 13.6 Å². The number of fused-ring (bicyclic) bond motifs is 1. The number of benzene rings is 2. The highest BCUT2D eigenvalue weighted by Gasteiger charge is 2.13. The molecule has 2 aromatic heterocycles. The molecule has 0 saturated heterocycles. The van der Waals surface area contributed by atoms with Crippen LogP contribution >= 0.6 is 0 Å². The van der Waals surface area contributed by atoms with Crippen molar-refractivity contribution in [2.75, 3.05) is 7.11 Å². The Hall–Kier alpha value is -3.60. The van der Waals surface area contributed by atoms with Crippen molar-refractivity contribution in [3.63, 3.8) is 0 Å². The van der Waals surface area contributed by atoms with Crippen molar-refractivity contribution < 1.29 is 18.4 Å². The number of ether oxygens (including phenoxy) is 1. The molecule has 0 radical (unpaired) electrons. The van der Waals surface area contributed by atoms with Crippen molar-refractivity contribution >= 4 is 17.3 Å². The summed E-state index contributed by atoms with van der Waals surface area (Å²) in [5.41, 5.74) is 1.94. The van der Waals surface area contributed by atoms with E-state index in [4.69, 9.17) is 13.6 Å². The molecule has 0 bridgehead atoms. The van der Waals surface area contributed by atoms with Crippen LogP contribution in [0, 0.1) is 0 Å². The molecule has 0 spiro atoms. The van der Waals surface area contributed by atoms with E-state index in [0.29, 0.717) is 34.0 Å². The Morgan fingerprint density at radius 3 is 2.58 bits per heavy atom. The standard InChI is InChI=1S/C21H14O5/c1-24-15-5-6-16-17(11-21(23)26-20(16)10-15)19-8-7-18(25-19)14-4-2-3-13(9-14)12-22/h2-12H,1H3. The van der Waals surface area contributed by atoms with Crippen LogP contribution in [-0.4, -0.2) is 13.4 Å². The quantitative estimate of drug-likeness (QED) is 0.401. The summed E-state index contributed by atoms with van der Waals surface area (Å²) < 4.78 is 16.4. The van der Waals surface area contributed by atoms with Crippen molar-refractivity contribution in [3.8, 4) is 28.4 Å². The van der Waals surface area contributed by atoms with Gasteiger partial charge in [0.05, 0.1) is 7.11 Å². The van der Waals surface area contributed by atoms with Gasteiger partial charge >= 0.3 is 5.63 Å². The fraction of sp³-hybridized carbons (Fsp3) is 0.0476. The fourth-order valence-electron chi connectivity index (χ4n) is 2.88. The maximum Gasteiger partial charge on any atom is 0.336 e. The van der Waals surface area contributed by atoms with Crippen LogP contribution in [-0.2, 0) is 0 Å². The van der Waals surface area contributed by atoms with Crippen LogP contribution < -0.4 is 10.4 Å². The first-order valence-electron chi connectivity index (χ1n) is 7.95. The van der Waals surface area contributed by atoms with Gasteiger partial charge in [-0.15, -0.1) is 0 Å². The molecule has 128 valence electrons. The lowest BCUT2D eigenvalue weighted by molar-refractivity contribution is 0.112. The number of carbonyl (C=O) groups is 1. The molecule has 5 heteroatoms. The molecule has 0 amide bonds. The van der Waals surface area contributed by atoms with Crippen LogP contribution in [0.5, 0.6) is 5.75 Å². The van der Waals surface area contributed by atoms with Gasteiger partial charge in [0.2, 0.25) is 0 Å². The van der Waals surface area contributed by atoms with Crippen molar-refractivity contribution in [1.82, 2.24) is 0 Å². The van der Waals surface area contributed by atoms with E-state index in [-0.39, 0.29) is 0 Å². The third kappa shape index (κ3) is 2.80. The topological polar surface area (TPSA) is 69.7 Å². The smallest absolute Gasteiger partial charge is 0.336 e. The predicted octanol–water partition coefficient (Wildman–Crippen LogP) is 4.54. The molecule has 2 aromatic carbocycles. The first-order valence-corrected chi connectivity index (χ1v) is 7.95. The molecule has 0 aliphatic carbocycles. The molecule has 4 rings (SSSR count). The van der Waals surface area contributed by atoms with Crippen LogP contribution in [0.15, 0.2) is 74.3 Å². The molecule has 0 atom stereocenters. The summed E-state index contributed by atoms with van der Waals surface area (Å²) in [5.74, 6) is 1.75. The summed E-state index contributed by atoms with van der Waals surface area (Å²) in [7, 11) is 1.55. The lowest BCUT2D eigenvalue weighted by Gasteiger charge is -2.05. The zero-order valence-corrected chi connectivity index (χ0v) is 13.9. The van der Waals surface area contributed by atoms with E-state index >= 15 is 0 Å². The fourth-order valence-corrected chi connectivity index (χ4v) is 2.88. The second-order valence-electron chi connectivity index (χ2n) is 5.75. The molecule has 0 aliphatic heterocycles.